The number of aryl methyl sites for hydroxylation is 1. The number of benzene rings is 2. The van der Waals surface area contributed by atoms with Crippen LogP contribution in [0.25, 0.3) is 0 Å². The first kappa shape index (κ1) is 41.4. The summed E-state index contributed by atoms with van der Waals surface area (Å²) in [6.07, 6.45) is 22.7. The maximum atomic E-state index is 10.7. The standard InChI is InChI=1S/C40H63N3O2.ClH/c1-5-8-9-10-11-12-13-14-15-16-17-18-19-30-40(34-41,36-24-21-27-39(33-36)45-7-3)31-22-25-37(43-42-4)29-28-35-23-20-26-38(32-35)44-6-2;/h20-21,23-24,26-27,32-33,37H,5-19,22,25,28-31H2,1-4H3;1H/b43-42+;. The molecule has 0 saturated heterocycles. The van der Waals surface area contributed by atoms with Crippen LogP contribution in [0.3, 0.4) is 0 Å². The monoisotopic (exact) mass is 653 g/mol. The Morgan fingerprint density at radius 2 is 1.24 bits per heavy atom. The van der Waals surface area contributed by atoms with Gasteiger partial charge in [0.25, 0.3) is 0 Å². The lowest BCUT2D eigenvalue weighted by atomic mass is 9.73. The lowest BCUT2D eigenvalue weighted by Crippen LogP contribution is -2.25. The predicted molar refractivity (Wildman–Crippen MR) is 197 cm³/mol. The summed E-state index contributed by atoms with van der Waals surface area (Å²) >= 11 is 0. The zero-order valence-corrected chi connectivity index (χ0v) is 30.4. The number of unbranched alkanes of at least 4 members (excludes halogenated alkanes) is 12. The molecule has 0 amide bonds. The van der Waals surface area contributed by atoms with Crippen LogP contribution in [0.5, 0.6) is 11.5 Å². The molecule has 2 aromatic carbocycles. The quantitative estimate of drug-likeness (QED) is 0.0711. The first-order chi connectivity index (χ1) is 22.1. The first-order valence-electron chi connectivity index (χ1n) is 18.3. The van der Waals surface area contributed by atoms with Crippen LogP contribution in [-0.4, -0.2) is 26.3 Å². The average molecular weight is 654 g/mol. The molecule has 46 heavy (non-hydrogen) atoms. The summed E-state index contributed by atoms with van der Waals surface area (Å²) in [6.45, 7) is 7.60. The van der Waals surface area contributed by atoms with Crippen molar-refractivity contribution in [1.82, 2.24) is 0 Å². The van der Waals surface area contributed by atoms with Gasteiger partial charge >= 0.3 is 0 Å². The maximum Gasteiger partial charge on any atom is 0.119 e. The van der Waals surface area contributed by atoms with E-state index in [9.17, 15) is 5.26 Å². The van der Waals surface area contributed by atoms with Crippen LogP contribution in [0.1, 0.15) is 147 Å². The minimum absolute atomic E-state index is 0. The van der Waals surface area contributed by atoms with Gasteiger partial charge in [-0.05, 0) is 87.8 Å². The van der Waals surface area contributed by atoms with Gasteiger partial charge in [-0.15, -0.1) is 12.4 Å². The van der Waals surface area contributed by atoms with E-state index in [4.69, 9.17) is 9.47 Å². The third kappa shape index (κ3) is 16.8. The Morgan fingerprint density at radius 3 is 1.80 bits per heavy atom. The van der Waals surface area contributed by atoms with E-state index in [1.165, 1.54) is 82.6 Å². The molecule has 0 spiro atoms. The van der Waals surface area contributed by atoms with Crippen LogP contribution in [-0.2, 0) is 11.8 Å². The highest BCUT2D eigenvalue weighted by molar-refractivity contribution is 5.85. The Labute approximate surface area is 288 Å². The van der Waals surface area contributed by atoms with Crippen molar-refractivity contribution in [2.75, 3.05) is 20.3 Å². The minimum Gasteiger partial charge on any atom is -0.494 e. The molecule has 0 heterocycles. The second kappa shape index (κ2) is 26.5. The molecule has 258 valence electrons. The first-order valence-corrected chi connectivity index (χ1v) is 18.3. The van der Waals surface area contributed by atoms with Gasteiger partial charge in [0.05, 0.1) is 30.7 Å². The van der Waals surface area contributed by atoms with E-state index in [1.54, 1.807) is 7.05 Å². The van der Waals surface area contributed by atoms with Gasteiger partial charge in [0.1, 0.15) is 11.5 Å². The Balaban J connectivity index is 0.0000106. The zero-order chi connectivity index (χ0) is 32.4. The molecule has 6 heteroatoms. The second-order valence-electron chi connectivity index (χ2n) is 12.6. The topological polar surface area (TPSA) is 67.0 Å². The van der Waals surface area contributed by atoms with Crippen molar-refractivity contribution in [1.29, 1.82) is 5.26 Å². The van der Waals surface area contributed by atoms with Crippen molar-refractivity contribution in [2.24, 2.45) is 10.2 Å². The zero-order valence-electron chi connectivity index (χ0n) is 29.6. The number of nitrogens with zero attached hydrogens (tertiary/aromatic N) is 3. The van der Waals surface area contributed by atoms with Crippen LogP contribution >= 0.6 is 12.4 Å². The molecular weight excluding hydrogens is 590 g/mol. The summed E-state index contributed by atoms with van der Waals surface area (Å²) in [7, 11) is 1.76. The highest BCUT2D eigenvalue weighted by atomic mass is 35.5. The molecular formula is C40H64ClN3O2. The summed E-state index contributed by atoms with van der Waals surface area (Å²) in [5.41, 5.74) is 1.85. The minimum atomic E-state index is -0.509. The van der Waals surface area contributed by atoms with Gasteiger partial charge in [-0.3, -0.25) is 0 Å². The summed E-state index contributed by atoms with van der Waals surface area (Å²) in [5, 5.41) is 19.4. The lowest BCUT2D eigenvalue weighted by Gasteiger charge is -2.28. The highest BCUT2D eigenvalue weighted by Gasteiger charge is 2.32. The fourth-order valence-corrected chi connectivity index (χ4v) is 6.44. The summed E-state index contributed by atoms with van der Waals surface area (Å²) in [6, 6.07) is 19.6. The van der Waals surface area contributed by atoms with E-state index in [2.05, 4.69) is 53.6 Å². The second-order valence-corrected chi connectivity index (χ2v) is 12.6. The van der Waals surface area contributed by atoms with E-state index in [1.807, 2.05) is 32.0 Å². The van der Waals surface area contributed by atoms with Gasteiger partial charge in [0.2, 0.25) is 0 Å². The fourth-order valence-electron chi connectivity index (χ4n) is 6.44. The highest BCUT2D eigenvalue weighted by Crippen LogP contribution is 2.37. The van der Waals surface area contributed by atoms with Gasteiger partial charge in [0.15, 0.2) is 0 Å². The molecule has 0 aromatic heterocycles. The van der Waals surface area contributed by atoms with Crippen molar-refractivity contribution in [3.63, 3.8) is 0 Å². The van der Waals surface area contributed by atoms with Gasteiger partial charge in [0, 0.05) is 7.05 Å². The number of ether oxygens (including phenoxy) is 2. The number of halogens is 1. The Kier molecular flexibility index (Phi) is 23.9. The van der Waals surface area contributed by atoms with Crippen molar-refractivity contribution in [2.45, 2.75) is 154 Å². The third-order valence-corrected chi connectivity index (χ3v) is 9.01. The third-order valence-electron chi connectivity index (χ3n) is 9.01. The average Bonchev–Trinajstić information content (AvgIpc) is 3.05. The SMILES string of the molecule is CCCCCCCCCCCCCCCC(C#N)(CCCC(CCc1cccc(OCC)c1)/N=N/C)c1cccc(OCC)c1.Cl. The molecule has 0 aliphatic carbocycles. The van der Waals surface area contributed by atoms with E-state index < -0.39 is 5.41 Å². The predicted octanol–water partition coefficient (Wildman–Crippen LogP) is 12.4. The van der Waals surface area contributed by atoms with Crippen LogP contribution in [0, 0.1) is 11.3 Å². The van der Waals surface area contributed by atoms with Crippen LogP contribution in [0.4, 0.5) is 0 Å². The van der Waals surface area contributed by atoms with Crippen molar-refractivity contribution >= 4 is 12.4 Å². The molecule has 5 nitrogen and oxygen atoms in total. The molecule has 2 rings (SSSR count). The van der Waals surface area contributed by atoms with E-state index in [0.29, 0.717) is 13.2 Å². The Morgan fingerprint density at radius 1 is 0.696 bits per heavy atom. The smallest absolute Gasteiger partial charge is 0.119 e. The summed E-state index contributed by atoms with van der Waals surface area (Å²) < 4.78 is 11.5. The molecule has 2 aromatic rings. The van der Waals surface area contributed by atoms with Crippen LogP contribution in [0.15, 0.2) is 58.8 Å². The normalized spacial score (nSPS) is 13.1. The van der Waals surface area contributed by atoms with Gasteiger partial charge < -0.3 is 9.47 Å². The molecule has 0 radical (unpaired) electrons. The Hall–Kier alpha value is -2.58. The van der Waals surface area contributed by atoms with E-state index in [-0.39, 0.29) is 18.4 Å². The number of azo groups is 1. The number of hydrogen-bond donors (Lipinski definition) is 0. The molecule has 0 saturated carbocycles. The largest absolute Gasteiger partial charge is 0.494 e. The fraction of sp³-hybridized carbons (Fsp3) is 0.675. The van der Waals surface area contributed by atoms with E-state index >= 15 is 0 Å². The van der Waals surface area contributed by atoms with Gasteiger partial charge in [-0.2, -0.15) is 15.5 Å². The molecule has 0 aliphatic heterocycles. The maximum absolute atomic E-state index is 10.7. The number of rotatable bonds is 27. The summed E-state index contributed by atoms with van der Waals surface area (Å²) in [4.78, 5) is 0. The molecule has 2 atom stereocenters. The van der Waals surface area contributed by atoms with Crippen molar-refractivity contribution in [3.05, 3.63) is 59.7 Å². The van der Waals surface area contributed by atoms with Crippen LogP contribution < -0.4 is 9.47 Å². The molecule has 2 unspecified atom stereocenters. The number of nitriles is 1. The van der Waals surface area contributed by atoms with Gasteiger partial charge in [-0.25, -0.2) is 0 Å². The number of hydrogen-bond acceptors (Lipinski definition) is 5. The van der Waals surface area contributed by atoms with Crippen molar-refractivity contribution in [3.8, 4) is 17.6 Å². The molecule has 0 N–H and O–H groups in total. The summed E-state index contributed by atoms with van der Waals surface area (Å²) in [5.74, 6) is 1.77. The Bertz CT molecular complexity index is 1100. The molecule has 0 bridgehead atoms. The van der Waals surface area contributed by atoms with Crippen LogP contribution in [0.2, 0.25) is 0 Å². The lowest BCUT2D eigenvalue weighted by molar-refractivity contribution is 0.337. The molecule has 0 aliphatic rings. The van der Waals surface area contributed by atoms with Gasteiger partial charge in [-0.1, -0.05) is 115 Å². The van der Waals surface area contributed by atoms with E-state index in [0.717, 1.165) is 62.0 Å². The molecule has 0 fully saturated rings. The van der Waals surface area contributed by atoms with Crippen molar-refractivity contribution < 1.29 is 9.47 Å².